The van der Waals surface area contributed by atoms with Crippen LogP contribution in [0.2, 0.25) is 5.02 Å². The molecule has 0 saturated heterocycles. The Bertz CT molecular complexity index is 1200. The average molecular weight is 405 g/mol. The van der Waals surface area contributed by atoms with Crippen LogP contribution in [0.1, 0.15) is 26.3 Å². The van der Waals surface area contributed by atoms with Gasteiger partial charge in [0.05, 0.1) is 11.0 Å². The van der Waals surface area contributed by atoms with E-state index < -0.39 is 5.91 Å². The Morgan fingerprint density at radius 1 is 0.966 bits per heavy atom. The molecule has 29 heavy (non-hydrogen) atoms. The fourth-order valence-corrected chi connectivity index (χ4v) is 3.09. The minimum Gasteiger partial charge on any atom is -0.366 e. The maximum Gasteiger partial charge on any atom is 0.251 e. The number of imidazole rings is 1. The van der Waals surface area contributed by atoms with Crippen molar-refractivity contribution < 1.29 is 9.59 Å². The number of fused-ring (bicyclic) bond motifs is 1. The Kier molecular flexibility index (Phi) is 5.01. The molecule has 0 saturated carbocycles. The first-order valence-electron chi connectivity index (χ1n) is 8.92. The lowest BCUT2D eigenvalue weighted by atomic mass is 10.1. The van der Waals surface area contributed by atoms with Crippen LogP contribution in [0.25, 0.3) is 22.4 Å². The Labute approximate surface area is 171 Å². The molecule has 144 valence electrons. The first kappa shape index (κ1) is 18.7. The van der Waals surface area contributed by atoms with Crippen LogP contribution in [0.4, 0.5) is 0 Å². The minimum absolute atomic E-state index is 0.165. The summed E-state index contributed by atoms with van der Waals surface area (Å²) in [6, 6.07) is 19.5. The molecule has 6 nitrogen and oxygen atoms in total. The van der Waals surface area contributed by atoms with Gasteiger partial charge in [0.15, 0.2) is 0 Å². The van der Waals surface area contributed by atoms with Crippen LogP contribution in [0.15, 0.2) is 66.7 Å². The molecule has 4 rings (SSSR count). The summed E-state index contributed by atoms with van der Waals surface area (Å²) in [5.41, 5.74) is 9.53. The summed E-state index contributed by atoms with van der Waals surface area (Å²) in [7, 11) is 0. The van der Waals surface area contributed by atoms with E-state index >= 15 is 0 Å². The van der Waals surface area contributed by atoms with Gasteiger partial charge in [-0.2, -0.15) is 0 Å². The van der Waals surface area contributed by atoms with Crippen LogP contribution in [0.5, 0.6) is 0 Å². The molecule has 1 heterocycles. The van der Waals surface area contributed by atoms with Gasteiger partial charge in [0.25, 0.3) is 5.91 Å². The predicted octanol–water partition coefficient (Wildman–Crippen LogP) is 3.91. The van der Waals surface area contributed by atoms with Crippen molar-refractivity contribution in [1.29, 1.82) is 0 Å². The third kappa shape index (κ3) is 4.12. The number of carbonyl (C=O) groups excluding carboxylic acids is 2. The van der Waals surface area contributed by atoms with Gasteiger partial charge in [-0.25, -0.2) is 4.98 Å². The molecule has 0 radical (unpaired) electrons. The predicted molar refractivity (Wildman–Crippen MR) is 113 cm³/mol. The van der Waals surface area contributed by atoms with E-state index in [-0.39, 0.29) is 5.91 Å². The minimum atomic E-state index is -0.495. The molecule has 7 heteroatoms. The monoisotopic (exact) mass is 404 g/mol. The second-order valence-electron chi connectivity index (χ2n) is 6.57. The van der Waals surface area contributed by atoms with Gasteiger partial charge < -0.3 is 16.0 Å². The highest BCUT2D eigenvalue weighted by atomic mass is 35.5. The highest BCUT2D eigenvalue weighted by Crippen LogP contribution is 2.22. The van der Waals surface area contributed by atoms with Crippen molar-refractivity contribution >= 4 is 34.4 Å². The van der Waals surface area contributed by atoms with Gasteiger partial charge in [0, 0.05) is 28.3 Å². The molecule has 0 bridgehead atoms. The third-order valence-electron chi connectivity index (χ3n) is 4.55. The lowest BCUT2D eigenvalue weighted by Gasteiger charge is -2.06. The van der Waals surface area contributed by atoms with Crippen molar-refractivity contribution in [3.05, 3.63) is 88.4 Å². The standard InChI is InChI=1S/C22H17ClN4O2/c23-17-8-1-13(2-9-17)12-25-22(29)15-5-3-14(4-6-15)21-26-18-10-7-16(20(24)28)11-19(18)27-21/h1-11H,12H2,(H2,24,28)(H,25,29)(H,26,27). The highest BCUT2D eigenvalue weighted by Gasteiger charge is 2.10. The van der Waals surface area contributed by atoms with Gasteiger partial charge in [-0.1, -0.05) is 35.9 Å². The number of hydrogen-bond donors (Lipinski definition) is 3. The quantitative estimate of drug-likeness (QED) is 0.470. The average Bonchev–Trinajstić information content (AvgIpc) is 3.16. The number of benzene rings is 3. The van der Waals surface area contributed by atoms with E-state index in [0.717, 1.165) is 16.6 Å². The number of nitrogens with two attached hydrogens (primary N) is 1. The van der Waals surface area contributed by atoms with Crippen molar-refractivity contribution in [2.45, 2.75) is 6.54 Å². The Hall–Kier alpha value is -3.64. The number of nitrogens with zero attached hydrogens (tertiary/aromatic N) is 1. The van der Waals surface area contributed by atoms with Crippen LogP contribution in [-0.4, -0.2) is 21.8 Å². The number of amides is 2. The molecule has 4 N–H and O–H groups in total. The van der Waals surface area contributed by atoms with Crippen molar-refractivity contribution in [1.82, 2.24) is 15.3 Å². The van der Waals surface area contributed by atoms with E-state index in [1.807, 2.05) is 24.3 Å². The summed E-state index contributed by atoms with van der Waals surface area (Å²) >= 11 is 5.87. The first-order valence-corrected chi connectivity index (χ1v) is 9.30. The van der Waals surface area contributed by atoms with E-state index in [4.69, 9.17) is 17.3 Å². The highest BCUT2D eigenvalue weighted by molar-refractivity contribution is 6.30. The van der Waals surface area contributed by atoms with Gasteiger partial charge in [-0.15, -0.1) is 0 Å². The Balaban J connectivity index is 1.48. The van der Waals surface area contributed by atoms with Crippen molar-refractivity contribution in [3.63, 3.8) is 0 Å². The molecular formula is C22H17ClN4O2. The van der Waals surface area contributed by atoms with Gasteiger partial charge in [0.2, 0.25) is 5.91 Å². The molecule has 0 aliphatic rings. The summed E-state index contributed by atoms with van der Waals surface area (Å²) in [6.45, 7) is 0.420. The zero-order valence-corrected chi connectivity index (χ0v) is 16.0. The zero-order chi connectivity index (χ0) is 20.4. The molecule has 1 aromatic heterocycles. The van der Waals surface area contributed by atoms with Crippen LogP contribution < -0.4 is 11.1 Å². The van der Waals surface area contributed by atoms with Crippen molar-refractivity contribution in [2.24, 2.45) is 5.73 Å². The lowest BCUT2D eigenvalue weighted by Crippen LogP contribution is -2.22. The summed E-state index contributed by atoms with van der Waals surface area (Å²) in [5, 5.41) is 3.54. The number of nitrogens with one attached hydrogen (secondary N) is 2. The number of aromatic amines is 1. The number of hydrogen-bond acceptors (Lipinski definition) is 3. The second-order valence-corrected chi connectivity index (χ2v) is 7.00. The van der Waals surface area contributed by atoms with Gasteiger partial charge in [-0.3, -0.25) is 9.59 Å². The summed E-state index contributed by atoms with van der Waals surface area (Å²) < 4.78 is 0. The number of aromatic nitrogens is 2. The zero-order valence-electron chi connectivity index (χ0n) is 15.3. The smallest absolute Gasteiger partial charge is 0.251 e. The molecule has 0 fully saturated rings. The second kappa shape index (κ2) is 7.77. The van der Waals surface area contributed by atoms with Gasteiger partial charge >= 0.3 is 0 Å². The summed E-state index contributed by atoms with van der Waals surface area (Å²) in [5.74, 6) is -0.0117. The number of primary amides is 1. The van der Waals surface area contributed by atoms with Gasteiger partial charge in [0.1, 0.15) is 5.82 Å². The number of H-pyrrole nitrogens is 1. The molecule has 0 spiro atoms. The number of rotatable bonds is 5. The van der Waals surface area contributed by atoms with E-state index in [2.05, 4.69) is 15.3 Å². The summed E-state index contributed by atoms with van der Waals surface area (Å²) in [6.07, 6.45) is 0. The largest absolute Gasteiger partial charge is 0.366 e. The van der Waals surface area contributed by atoms with Crippen LogP contribution in [0.3, 0.4) is 0 Å². The van der Waals surface area contributed by atoms with Crippen molar-refractivity contribution in [3.8, 4) is 11.4 Å². The number of carbonyl (C=O) groups is 2. The first-order chi connectivity index (χ1) is 14.0. The lowest BCUT2D eigenvalue weighted by molar-refractivity contribution is 0.0949. The molecule has 2 amide bonds. The number of halogens is 1. The van der Waals surface area contributed by atoms with Crippen LogP contribution in [-0.2, 0) is 6.54 Å². The van der Waals surface area contributed by atoms with E-state index in [9.17, 15) is 9.59 Å². The molecule has 0 aliphatic heterocycles. The fourth-order valence-electron chi connectivity index (χ4n) is 2.96. The molecule has 0 aliphatic carbocycles. The Morgan fingerprint density at radius 3 is 2.34 bits per heavy atom. The van der Waals surface area contributed by atoms with Crippen molar-refractivity contribution in [2.75, 3.05) is 0 Å². The fraction of sp³-hybridized carbons (Fsp3) is 0.0455. The molecule has 3 aromatic carbocycles. The topological polar surface area (TPSA) is 101 Å². The van der Waals surface area contributed by atoms with E-state index in [0.29, 0.717) is 34.0 Å². The van der Waals surface area contributed by atoms with Crippen LogP contribution >= 0.6 is 11.6 Å². The molecular weight excluding hydrogens is 388 g/mol. The van der Waals surface area contributed by atoms with Gasteiger partial charge in [-0.05, 0) is 48.0 Å². The SMILES string of the molecule is NC(=O)c1ccc2[nH]c(-c3ccc(C(=O)NCc4ccc(Cl)cc4)cc3)nc2c1. The molecule has 4 aromatic rings. The molecule has 0 unspecified atom stereocenters. The molecule has 0 atom stereocenters. The van der Waals surface area contributed by atoms with E-state index in [1.165, 1.54) is 0 Å². The maximum atomic E-state index is 12.4. The van der Waals surface area contributed by atoms with E-state index in [1.54, 1.807) is 42.5 Å². The van der Waals surface area contributed by atoms with Crippen LogP contribution in [0, 0.1) is 0 Å². The third-order valence-corrected chi connectivity index (χ3v) is 4.81. The maximum absolute atomic E-state index is 12.4. The Morgan fingerprint density at radius 2 is 1.66 bits per heavy atom. The normalized spacial score (nSPS) is 10.8. The summed E-state index contributed by atoms with van der Waals surface area (Å²) in [4.78, 5) is 31.4.